The quantitative estimate of drug-likeness (QED) is 0.775. The van der Waals surface area contributed by atoms with E-state index < -0.39 is 5.97 Å². The van der Waals surface area contributed by atoms with Crippen LogP contribution in [0.2, 0.25) is 0 Å². The number of thioether (sulfide) groups is 1. The maximum atomic E-state index is 11.7. The Bertz CT molecular complexity index is 658. The lowest BCUT2D eigenvalue weighted by molar-refractivity contribution is -0.139. The summed E-state index contributed by atoms with van der Waals surface area (Å²) in [5.41, 5.74) is 3.69. The van der Waals surface area contributed by atoms with Crippen LogP contribution < -0.4 is 0 Å². The van der Waals surface area contributed by atoms with E-state index in [1.807, 2.05) is 17.8 Å². The van der Waals surface area contributed by atoms with Crippen molar-refractivity contribution >= 4 is 23.5 Å². The number of fused-ring (bicyclic) bond motifs is 2. The van der Waals surface area contributed by atoms with Gasteiger partial charge in [-0.3, -0.25) is 0 Å². The van der Waals surface area contributed by atoms with Crippen molar-refractivity contribution in [3.05, 3.63) is 46.7 Å². The van der Waals surface area contributed by atoms with Gasteiger partial charge in [-0.15, -0.1) is 11.8 Å². The molecule has 0 saturated heterocycles. The SMILES string of the molecule is CCCCc1ccc2c(c1)C1=C(CC=C(C(=O)OC)O1)CS2. The van der Waals surface area contributed by atoms with Gasteiger partial charge in [0.05, 0.1) is 7.11 Å². The van der Waals surface area contributed by atoms with Crippen LogP contribution in [0, 0.1) is 0 Å². The molecule has 22 heavy (non-hydrogen) atoms. The van der Waals surface area contributed by atoms with Crippen LogP contribution >= 0.6 is 11.8 Å². The molecule has 3 nitrogen and oxygen atoms in total. The van der Waals surface area contributed by atoms with Crippen molar-refractivity contribution in [2.24, 2.45) is 0 Å². The number of hydrogen-bond acceptors (Lipinski definition) is 4. The highest BCUT2D eigenvalue weighted by Crippen LogP contribution is 2.42. The van der Waals surface area contributed by atoms with Crippen molar-refractivity contribution in [2.45, 2.75) is 37.5 Å². The molecule has 0 radical (unpaired) electrons. The maximum absolute atomic E-state index is 11.7. The summed E-state index contributed by atoms with van der Waals surface area (Å²) in [5, 5.41) is 0. The zero-order valence-electron chi connectivity index (χ0n) is 13.0. The molecule has 0 N–H and O–H groups in total. The Hall–Kier alpha value is -1.68. The number of unbranched alkanes of at least 4 members (excludes halogenated alkanes) is 1. The van der Waals surface area contributed by atoms with Gasteiger partial charge in [0.1, 0.15) is 5.76 Å². The summed E-state index contributed by atoms with van der Waals surface area (Å²) in [6, 6.07) is 6.59. The number of allylic oxidation sites excluding steroid dienone is 1. The van der Waals surface area contributed by atoms with Gasteiger partial charge in [0.2, 0.25) is 5.76 Å². The van der Waals surface area contributed by atoms with E-state index in [-0.39, 0.29) is 0 Å². The first-order valence-electron chi connectivity index (χ1n) is 7.67. The molecule has 0 amide bonds. The summed E-state index contributed by atoms with van der Waals surface area (Å²) in [6.07, 6.45) is 6.02. The molecule has 0 atom stereocenters. The van der Waals surface area contributed by atoms with E-state index in [2.05, 4.69) is 25.1 Å². The zero-order chi connectivity index (χ0) is 15.5. The molecule has 0 aromatic heterocycles. The highest BCUT2D eigenvalue weighted by molar-refractivity contribution is 7.99. The second-order valence-electron chi connectivity index (χ2n) is 5.52. The number of benzene rings is 1. The first kappa shape index (κ1) is 15.2. The largest absolute Gasteiger partial charge is 0.463 e. The third-order valence-corrected chi connectivity index (χ3v) is 5.12. The molecular weight excluding hydrogens is 296 g/mol. The van der Waals surface area contributed by atoms with Crippen molar-refractivity contribution < 1.29 is 14.3 Å². The Morgan fingerprint density at radius 2 is 2.27 bits per heavy atom. The highest BCUT2D eigenvalue weighted by Gasteiger charge is 2.27. The van der Waals surface area contributed by atoms with E-state index in [1.165, 1.54) is 36.0 Å². The number of carbonyl (C=O) groups is 1. The molecule has 2 aliphatic heterocycles. The number of esters is 1. The van der Waals surface area contributed by atoms with E-state index in [9.17, 15) is 4.79 Å². The Morgan fingerprint density at radius 1 is 1.41 bits per heavy atom. The third-order valence-electron chi connectivity index (χ3n) is 3.96. The van der Waals surface area contributed by atoms with Crippen LogP contribution in [0.5, 0.6) is 0 Å². The predicted octanol–water partition coefficient (Wildman–Crippen LogP) is 4.32. The van der Waals surface area contributed by atoms with Gasteiger partial charge in [-0.05, 0) is 48.6 Å². The Balaban J connectivity index is 1.90. The fourth-order valence-corrected chi connectivity index (χ4v) is 3.76. The second-order valence-corrected chi connectivity index (χ2v) is 6.54. The van der Waals surface area contributed by atoms with Crippen LogP contribution in [0.15, 0.2) is 40.5 Å². The average Bonchev–Trinajstić information content (AvgIpc) is 2.58. The third kappa shape index (κ3) is 2.93. The van der Waals surface area contributed by atoms with E-state index in [0.717, 1.165) is 29.9 Å². The predicted molar refractivity (Wildman–Crippen MR) is 88.5 cm³/mol. The van der Waals surface area contributed by atoms with E-state index in [1.54, 1.807) is 0 Å². The van der Waals surface area contributed by atoms with Gasteiger partial charge in [-0.25, -0.2) is 4.79 Å². The molecule has 1 aromatic rings. The smallest absolute Gasteiger partial charge is 0.373 e. The van der Waals surface area contributed by atoms with Gasteiger partial charge in [-0.1, -0.05) is 19.4 Å². The molecule has 3 rings (SSSR count). The lowest BCUT2D eigenvalue weighted by atomic mass is 10.00. The van der Waals surface area contributed by atoms with Crippen molar-refractivity contribution in [3.63, 3.8) is 0 Å². The Morgan fingerprint density at radius 3 is 3.05 bits per heavy atom. The number of hydrogen-bond donors (Lipinski definition) is 0. The summed E-state index contributed by atoms with van der Waals surface area (Å²) in [7, 11) is 1.38. The number of rotatable bonds is 4. The van der Waals surface area contributed by atoms with Gasteiger partial charge in [0, 0.05) is 16.2 Å². The highest BCUT2D eigenvalue weighted by atomic mass is 32.2. The minimum absolute atomic E-state index is 0.304. The average molecular weight is 316 g/mol. The Labute approximate surface area is 135 Å². The minimum Gasteiger partial charge on any atom is -0.463 e. The van der Waals surface area contributed by atoms with Crippen molar-refractivity contribution in [3.8, 4) is 0 Å². The van der Waals surface area contributed by atoms with E-state index in [0.29, 0.717) is 5.76 Å². The van der Waals surface area contributed by atoms with Crippen LogP contribution in [-0.2, 0) is 20.7 Å². The molecule has 0 unspecified atom stereocenters. The first-order chi connectivity index (χ1) is 10.7. The number of ether oxygens (including phenoxy) is 2. The lowest BCUT2D eigenvalue weighted by Gasteiger charge is -2.26. The van der Waals surface area contributed by atoms with Crippen molar-refractivity contribution in [1.29, 1.82) is 0 Å². The van der Waals surface area contributed by atoms with E-state index in [4.69, 9.17) is 9.47 Å². The van der Waals surface area contributed by atoms with Gasteiger partial charge < -0.3 is 9.47 Å². The van der Waals surface area contributed by atoms with Gasteiger partial charge in [0.15, 0.2) is 0 Å². The van der Waals surface area contributed by atoms with Crippen LogP contribution in [-0.4, -0.2) is 18.8 Å². The van der Waals surface area contributed by atoms with E-state index >= 15 is 0 Å². The summed E-state index contributed by atoms with van der Waals surface area (Å²) in [4.78, 5) is 12.9. The number of carbonyl (C=O) groups excluding carboxylic acids is 1. The topological polar surface area (TPSA) is 35.5 Å². The molecule has 0 saturated carbocycles. The van der Waals surface area contributed by atoms with Crippen LogP contribution in [0.3, 0.4) is 0 Å². The van der Waals surface area contributed by atoms with Crippen molar-refractivity contribution in [2.75, 3.05) is 12.9 Å². The molecule has 2 heterocycles. The molecule has 0 bridgehead atoms. The normalized spacial score (nSPS) is 16.4. The molecule has 4 heteroatoms. The van der Waals surface area contributed by atoms with Crippen LogP contribution in [0.25, 0.3) is 5.76 Å². The molecule has 1 aromatic carbocycles. The second kappa shape index (κ2) is 6.61. The molecule has 0 spiro atoms. The summed E-state index contributed by atoms with van der Waals surface area (Å²) in [5.74, 6) is 1.67. The van der Waals surface area contributed by atoms with Crippen LogP contribution in [0.4, 0.5) is 0 Å². The fourth-order valence-electron chi connectivity index (χ4n) is 2.71. The monoisotopic (exact) mass is 316 g/mol. The summed E-state index contributed by atoms with van der Waals surface area (Å²) >= 11 is 1.84. The van der Waals surface area contributed by atoms with Gasteiger partial charge in [0.25, 0.3) is 0 Å². The zero-order valence-corrected chi connectivity index (χ0v) is 13.8. The fraction of sp³-hybridized carbons (Fsp3) is 0.389. The van der Waals surface area contributed by atoms with Gasteiger partial charge in [-0.2, -0.15) is 0 Å². The van der Waals surface area contributed by atoms with Crippen molar-refractivity contribution in [1.82, 2.24) is 0 Å². The van der Waals surface area contributed by atoms with Crippen LogP contribution in [0.1, 0.15) is 37.3 Å². The molecule has 0 fully saturated rings. The standard InChI is InChI=1S/C18H20O3S/c1-3-4-5-12-6-9-16-14(10-12)17-13(11-22-16)7-8-15(21-17)18(19)20-2/h6,8-10H,3-5,7,11H2,1-2H3. The molecule has 0 aliphatic carbocycles. The molecule has 116 valence electrons. The minimum atomic E-state index is -0.409. The number of aryl methyl sites for hydroxylation is 1. The summed E-state index contributed by atoms with van der Waals surface area (Å²) in [6.45, 7) is 2.20. The first-order valence-corrected chi connectivity index (χ1v) is 8.66. The lowest BCUT2D eigenvalue weighted by Crippen LogP contribution is -2.15. The van der Waals surface area contributed by atoms with Gasteiger partial charge >= 0.3 is 5.97 Å². The molecular formula is C18H20O3S. The molecule has 2 aliphatic rings. The summed E-state index contributed by atoms with van der Waals surface area (Å²) < 4.78 is 10.7. The maximum Gasteiger partial charge on any atom is 0.373 e. The number of methoxy groups -OCH3 is 1. The Kier molecular flexibility index (Phi) is 4.57.